The highest BCUT2D eigenvalue weighted by Gasteiger charge is 2.12. The minimum Gasteiger partial charge on any atom is -0.481 e. The third-order valence-electron chi connectivity index (χ3n) is 5.89. The zero-order chi connectivity index (χ0) is 24.9. The van der Waals surface area contributed by atoms with E-state index in [9.17, 15) is 14.4 Å². The monoisotopic (exact) mass is 468 g/mol. The highest BCUT2D eigenvalue weighted by molar-refractivity contribution is 6.09. The molecular weight excluding hydrogens is 432 g/mol. The molecule has 0 saturated heterocycles. The summed E-state index contributed by atoms with van der Waals surface area (Å²) in [5, 5.41) is 17.6. The van der Waals surface area contributed by atoms with Crippen LogP contribution < -0.4 is 9.80 Å². The minimum absolute atomic E-state index is 0.0351. The molecule has 0 fully saturated rings. The van der Waals surface area contributed by atoms with E-state index in [-0.39, 0.29) is 18.6 Å². The van der Waals surface area contributed by atoms with Crippen LogP contribution >= 0.6 is 0 Å². The first-order chi connectivity index (χ1) is 16.3. The number of nitrogens with zero attached hydrogens (tertiary/aromatic N) is 2. The predicted molar refractivity (Wildman–Crippen MR) is 135 cm³/mol. The number of carboxylic acid groups (broad SMARTS) is 2. The van der Waals surface area contributed by atoms with Gasteiger partial charge in [0.25, 0.3) is 0 Å². The molecule has 0 spiro atoms. The summed E-state index contributed by atoms with van der Waals surface area (Å²) in [4.78, 5) is 38.7. The fraction of sp³-hybridized carbons (Fsp3) is 0.444. The van der Waals surface area contributed by atoms with Crippen molar-refractivity contribution in [2.75, 3.05) is 36.0 Å². The number of carbonyl (C=O) groups is 3. The zero-order valence-electron chi connectivity index (χ0n) is 20.2. The van der Waals surface area contributed by atoms with Gasteiger partial charge in [-0.25, -0.2) is 0 Å². The van der Waals surface area contributed by atoms with Crippen molar-refractivity contribution in [3.63, 3.8) is 0 Å². The minimum atomic E-state index is -0.767. The largest absolute Gasteiger partial charge is 0.481 e. The molecule has 184 valence electrons. The van der Waals surface area contributed by atoms with Crippen LogP contribution in [0.4, 0.5) is 11.4 Å². The molecular formula is C27H36N2O5. The molecule has 0 bridgehead atoms. The van der Waals surface area contributed by atoms with Crippen LogP contribution in [0.5, 0.6) is 0 Å². The standard InChI is InChI=1S/C27H36N2O5/c1-3-28(19-7-5-9-25(30)31)23-15-11-21(12-16-23)27(34)22-13-17-24(18-14-22)29(4-2)20-8-6-10-26(32)33/h11-18H,3-10,19-20H2,1-2H3,(H,30,31)(H,32,33). The lowest BCUT2D eigenvalue weighted by Crippen LogP contribution is -2.24. The topological polar surface area (TPSA) is 98.2 Å². The Morgan fingerprint density at radius 2 is 0.971 bits per heavy atom. The molecule has 0 aliphatic carbocycles. The number of aliphatic carboxylic acids is 2. The van der Waals surface area contributed by atoms with Gasteiger partial charge in [-0.2, -0.15) is 0 Å². The lowest BCUT2D eigenvalue weighted by Gasteiger charge is -2.23. The van der Waals surface area contributed by atoms with Crippen molar-refractivity contribution < 1.29 is 24.6 Å². The fourth-order valence-electron chi connectivity index (χ4n) is 3.91. The number of carbonyl (C=O) groups excluding carboxylic acids is 1. The van der Waals surface area contributed by atoms with Crippen LogP contribution in [0.3, 0.4) is 0 Å². The molecule has 0 unspecified atom stereocenters. The number of unbranched alkanes of at least 4 members (excludes halogenated alkanes) is 2. The van der Waals surface area contributed by atoms with Gasteiger partial charge < -0.3 is 20.0 Å². The Kier molecular flexibility index (Phi) is 11.1. The van der Waals surface area contributed by atoms with Gasteiger partial charge in [-0.15, -0.1) is 0 Å². The average molecular weight is 469 g/mol. The van der Waals surface area contributed by atoms with Crippen LogP contribution in [-0.4, -0.2) is 54.1 Å². The van der Waals surface area contributed by atoms with E-state index in [1.165, 1.54) is 0 Å². The van der Waals surface area contributed by atoms with Gasteiger partial charge in [0.05, 0.1) is 0 Å². The van der Waals surface area contributed by atoms with E-state index in [1.807, 2.05) is 48.5 Å². The first-order valence-electron chi connectivity index (χ1n) is 12.0. The van der Waals surface area contributed by atoms with Crippen molar-refractivity contribution in [2.45, 2.75) is 52.4 Å². The Balaban J connectivity index is 1.96. The van der Waals surface area contributed by atoms with E-state index in [0.29, 0.717) is 24.0 Å². The zero-order valence-corrected chi connectivity index (χ0v) is 20.2. The molecule has 7 heteroatoms. The summed E-state index contributed by atoms with van der Waals surface area (Å²) >= 11 is 0. The third kappa shape index (κ3) is 8.54. The lowest BCUT2D eigenvalue weighted by molar-refractivity contribution is -0.138. The molecule has 0 aliphatic heterocycles. The van der Waals surface area contributed by atoms with Crippen LogP contribution in [0.1, 0.15) is 68.3 Å². The number of benzene rings is 2. The summed E-state index contributed by atoms with van der Waals surface area (Å²) in [5.41, 5.74) is 3.29. The Morgan fingerprint density at radius 1 is 0.618 bits per heavy atom. The Labute approximate surface area is 202 Å². The fourth-order valence-corrected chi connectivity index (χ4v) is 3.91. The van der Waals surface area contributed by atoms with Crippen LogP contribution in [0.25, 0.3) is 0 Å². The van der Waals surface area contributed by atoms with E-state index in [2.05, 4.69) is 23.6 Å². The molecule has 0 aromatic heterocycles. The van der Waals surface area contributed by atoms with Gasteiger partial charge in [0, 0.05) is 61.5 Å². The van der Waals surface area contributed by atoms with Crippen LogP contribution in [0.15, 0.2) is 48.5 Å². The lowest BCUT2D eigenvalue weighted by atomic mass is 10.0. The van der Waals surface area contributed by atoms with Crippen molar-refractivity contribution in [3.8, 4) is 0 Å². The predicted octanol–water partition coefficient (Wildman–Crippen LogP) is 5.08. The molecule has 0 saturated carbocycles. The van der Waals surface area contributed by atoms with Gasteiger partial charge in [0.1, 0.15) is 0 Å². The smallest absolute Gasteiger partial charge is 0.303 e. The van der Waals surface area contributed by atoms with Crippen LogP contribution in [0.2, 0.25) is 0 Å². The molecule has 7 nitrogen and oxygen atoms in total. The van der Waals surface area contributed by atoms with Gasteiger partial charge in [-0.3, -0.25) is 14.4 Å². The maximum atomic E-state index is 13.0. The second-order valence-corrected chi connectivity index (χ2v) is 8.28. The van der Waals surface area contributed by atoms with Crippen molar-refractivity contribution in [1.82, 2.24) is 0 Å². The van der Waals surface area contributed by atoms with Crippen molar-refractivity contribution in [3.05, 3.63) is 59.7 Å². The van der Waals surface area contributed by atoms with Gasteiger partial charge in [-0.05, 0) is 88.1 Å². The number of ketones is 1. The quantitative estimate of drug-likeness (QED) is 0.262. The maximum Gasteiger partial charge on any atom is 0.303 e. The molecule has 0 atom stereocenters. The third-order valence-corrected chi connectivity index (χ3v) is 5.89. The molecule has 0 heterocycles. The van der Waals surface area contributed by atoms with Crippen molar-refractivity contribution >= 4 is 29.1 Å². The molecule has 34 heavy (non-hydrogen) atoms. The first-order valence-corrected chi connectivity index (χ1v) is 12.0. The second kappa shape index (κ2) is 14.0. The van der Waals surface area contributed by atoms with Gasteiger partial charge in [-0.1, -0.05) is 0 Å². The van der Waals surface area contributed by atoms with Crippen LogP contribution in [-0.2, 0) is 9.59 Å². The molecule has 0 radical (unpaired) electrons. The molecule has 2 aromatic carbocycles. The summed E-state index contributed by atoms with van der Waals surface area (Å²) < 4.78 is 0. The van der Waals surface area contributed by atoms with E-state index in [0.717, 1.165) is 50.4 Å². The highest BCUT2D eigenvalue weighted by Crippen LogP contribution is 2.21. The van der Waals surface area contributed by atoms with E-state index < -0.39 is 11.9 Å². The van der Waals surface area contributed by atoms with Gasteiger partial charge in [0.15, 0.2) is 5.78 Å². The Morgan fingerprint density at radius 3 is 1.26 bits per heavy atom. The second-order valence-electron chi connectivity index (χ2n) is 8.28. The van der Waals surface area contributed by atoms with Crippen LogP contribution in [0, 0.1) is 0 Å². The van der Waals surface area contributed by atoms with Gasteiger partial charge in [0.2, 0.25) is 0 Å². The maximum absolute atomic E-state index is 13.0. The Bertz CT molecular complexity index is 850. The van der Waals surface area contributed by atoms with E-state index >= 15 is 0 Å². The molecule has 2 rings (SSSR count). The van der Waals surface area contributed by atoms with Crippen molar-refractivity contribution in [1.29, 1.82) is 0 Å². The molecule has 2 N–H and O–H groups in total. The summed E-state index contributed by atoms with van der Waals surface area (Å²) in [6.07, 6.45) is 3.28. The van der Waals surface area contributed by atoms with E-state index in [4.69, 9.17) is 10.2 Å². The molecule has 0 amide bonds. The first kappa shape index (κ1) is 26.9. The SMILES string of the molecule is CCN(CCCCC(=O)O)c1ccc(C(=O)c2ccc(N(CC)CCCCC(=O)O)cc2)cc1. The molecule has 2 aromatic rings. The Hall–Kier alpha value is -3.35. The number of hydrogen-bond donors (Lipinski definition) is 2. The number of hydrogen-bond acceptors (Lipinski definition) is 5. The summed E-state index contributed by atoms with van der Waals surface area (Å²) in [6.45, 7) is 7.30. The highest BCUT2D eigenvalue weighted by atomic mass is 16.4. The molecule has 0 aliphatic rings. The normalized spacial score (nSPS) is 10.6. The number of anilines is 2. The van der Waals surface area contributed by atoms with E-state index in [1.54, 1.807) is 0 Å². The summed E-state index contributed by atoms with van der Waals surface area (Å²) in [5.74, 6) is -1.57. The summed E-state index contributed by atoms with van der Waals surface area (Å²) in [7, 11) is 0. The summed E-state index contributed by atoms with van der Waals surface area (Å²) in [6, 6.07) is 15.1. The average Bonchev–Trinajstić information content (AvgIpc) is 2.84. The van der Waals surface area contributed by atoms with Crippen molar-refractivity contribution in [2.24, 2.45) is 0 Å². The number of carboxylic acids is 2. The number of rotatable bonds is 16. The van der Waals surface area contributed by atoms with Gasteiger partial charge >= 0.3 is 11.9 Å².